The van der Waals surface area contributed by atoms with Gasteiger partial charge in [-0.05, 0) is 0 Å². The molecule has 1 fully saturated rings. The number of carbonyl (C=O) groups is 1. The van der Waals surface area contributed by atoms with Crippen LogP contribution in [0.15, 0.2) is 0 Å². The lowest BCUT2D eigenvalue weighted by molar-refractivity contribution is -0.129. The molecule has 0 amide bonds. The molecule has 1 heterocycles. The van der Waals surface area contributed by atoms with Crippen LogP contribution in [0.2, 0.25) is 0 Å². The van der Waals surface area contributed by atoms with Gasteiger partial charge < -0.3 is 4.74 Å². The molecule has 0 N–H and O–H groups in total. The lowest BCUT2D eigenvalue weighted by Gasteiger charge is -2.34. The van der Waals surface area contributed by atoms with E-state index in [0.717, 1.165) is 32.5 Å². The van der Waals surface area contributed by atoms with E-state index >= 15 is 0 Å². The summed E-state index contributed by atoms with van der Waals surface area (Å²) in [6.45, 7) is 3.49. The predicted molar refractivity (Wildman–Crippen MR) is 45.4 cm³/mol. The highest BCUT2D eigenvalue weighted by molar-refractivity contribution is 5.55. The van der Waals surface area contributed by atoms with Gasteiger partial charge in [0, 0.05) is 40.3 Å². The monoisotopic (exact) mass is 171 g/mol. The summed E-state index contributed by atoms with van der Waals surface area (Å²) in [7, 11) is 5.37. The number of methoxy groups -OCH3 is 1. The van der Waals surface area contributed by atoms with E-state index in [2.05, 4.69) is 7.05 Å². The zero-order valence-corrected chi connectivity index (χ0v) is 7.40. The van der Waals surface area contributed by atoms with Crippen LogP contribution in [0.25, 0.3) is 0 Å². The molecule has 69 valence electrons. The SMILES string of the molecule is [CH2]N1CCN(C(C=O)OC)CC1. The van der Waals surface area contributed by atoms with Crippen LogP contribution in [0, 0.1) is 7.05 Å². The van der Waals surface area contributed by atoms with Gasteiger partial charge in [-0.15, -0.1) is 0 Å². The molecule has 0 saturated carbocycles. The Morgan fingerprint density at radius 2 is 2.00 bits per heavy atom. The van der Waals surface area contributed by atoms with E-state index in [0.29, 0.717) is 0 Å². The number of ether oxygens (including phenoxy) is 1. The van der Waals surface area contributed by atoms with E-state index in [4.69, 9.17) is 4.74 Å². The highest BCUT2D eigenvalue weighted by Gasteiger charge is 2.20. The van der Waals surface area contributed by atoms with E-state index in [1.54, 1.807) is 7.11 Å². The molecule has 0 aliphatic carbocycles. The molecule has 4 nitrogen and oxygen atoms in total. The Kier molecular flexibility index (Phi) is 3.65. The largest absolute Gasteiger partial charge is 0.359 e. The van der Waals surface area contributed by atoms with Crippen molar-refractivity contribution < 1.29 is 9.53 Å². The molecule has 0 aromatic carbocycles. The van der Waals surface area contributed by atoms with Gasteiger partial charge in [0.25, 0.3) is 0 Å². The van der Waals surface area contributed by atoms with Gasteiger partial charge in [-0.1, -0.05) is 0 Å². The van der Waals surface area contributed by atoms with Gasteiger partial charge >= 0.3 is 0 Å². The summed E-state index contributed by atoms with van der Waals surface area (Å²) in [6.07, 6.45) is 0.456. The van der Waals surface area contributed by atoms with Gasteiger partial charge in [-0.3, -0.25) is 14.6 Å². The molecular formula is C8H15N2O2. The highest BCUT2D eigenvalue weighted by atomic mass is 16.5. The van der Waals surface area contributed by atoms with Crippen molar-refractivity contribution in [2.45, 2.75) is 6.23 Å². The fourth-order valence-corrected chi connectivity index (χ4v) is 1.31. The molecule has 1 atom stereocenters. The highest BCUT2D eigenvalue weighted by Crippen LogP contribution is 2.04. The van der Waals surface area contributed by atoms with E-state index in [9.17, 15) is 4.79 Å². The van der Waals surface area contributed by atoms with Gasteiger partial charge in [0.1, 0.15) is 0 Å². The molecular weight excluding hydrogens is 156 g/mol. The first-order valence-electron chi connectivity index (χ1n) is 4.05. The van der Waals surface area contributed by atoms with Crippen molar-refractivity contribution in [2.24, 2.45) is 0 Å². The van der Waals surface area contributed by atoms with Gasteiger partial charge in [0.15, 0.2) is 12.5 Å². The summed E-state index contributed by atoms with van der Waals surface area (Å²) in [4.78, 5) is 14.5. The van der Waals surface area contributed by atoms with E-state index in [1.807, 2.05) is 9.80 Å². The summed E-state index contributed by atoms with van der Waals surface area (Å²) in [5, 5.41) is 0. The van der Waals surface area contributed by atoms with Crippen molar-refractivity contribution in [1.29, 1.82) is 0 Å². The topological polar surface area (TPSA) is 32.8 Å². The van der Waals surface area contributed by atoms with E-state index in [-0.39, 0.29) is 6.23 Å². The van der Waals surface area contributed by atoms with E-state index < -0.39 is 0 Å². The Balaban J connectivity index is 2.37. The van der Waals surface area contributed by atoms with Crippen LogP contribution in [0.1, 0.15) is 0 Å². The van der Waals surface area contributed by atoms with Crippen LogP contribution < -0.4 is 0 Å². The van der Waals surface area contributed by atoms with Crippen LogP contribution >= 0.6 is 0 Å². The molecule has 1 saturated heterocycles. The molecule has 0 aromatic rings. The Morgan fingerprint density at radius 1 is 1.42 bits per heavy atom. The number of hydrogen-bond donors (Lipinski definition) is 0. The van der Waals surface area contributed by atoms with Crippen LogP contribution in [0.3, 0.4) is 0 Å². The van der Waals surface area contributed by atoms with E-state index in [1.165, 1.54) is 0 Å². The summed E-state index contributed by atoms with van der Waals surface area (Å²) in [6, 6.07) is 0. The fourth-order valence-electron chi connectivity index (χ4n) is 1.31. The third-order valence-corrected chi connectivity index (χ3v) is 2.12. The number of aldehydes is 1. The minimum absolute atomic E-state index is 0.376. The zero-order chi connectivity index (χ0) is 8.97. The number of piperazine rings is 1. The summed E-state index contributed by atoms with van der Waals surface area (Å²) < 4.78 is 4.99. The van der Waals surface area contributed by atoms with Gasteiger partial charge in [0.05, 0.1) is 0 Å². The summed E-state index contributed by atoms with van der Waals surface area (Å²) >= 11 is 0. The number of hydrogen-bond acceptors (Lipinski definition) is 4. The molecule has 1 unspecified atom stereocenters. The minimum atomic E-state index is -0.376. The molecule has 1 rings (SSSR count). The zero-order valence-electron chi connectivity index (χ0n) is 7.40. The maximum Gasteiger partial charge on any atom is 0.166 e. The predicted octanol–water partition coefficient (Wildman–Crippen LogP) is -0.433. The van der Waals surface area contributed by atoms with Crippen LogP contribution in [-0.4, -0.2) is 55.6 Å². The number of carbonyl (C=O) groups excluding carboxylic acids is 1. The fraction of sp³-hybridized carbons (Fsp3) is 0.750. The molecule has 1 aliphatic rings. The quantitative estimate of drug-likeness (QED) is 0.539. The van der Waals surface area contributed by atoms with Crippen molar-refractivity contribution in [3.63, 3.8) is 0 Å². The third kappa shape index (κ3) is 2.27. The first kappa shape index (κ1) is 9.64. The lowest BCUT2D eigenvalue weighted by atomic mass is 10.3. The van der Waals surface area contributed by atoms with Crippen LogP contribution in [0.4, 0.5) is 0 Å². The van der Waals surface area contributed by atoms with Gasteiger partial charge in [-0.2, -0.15) is 0 Å². The molecule has 4 heteroatoms. The molecule has 1 aliphatic heterocycles. The normalized spacial score (nSPS) is 23.8. The van der Waals surface area contributed by atoms with Crippen molar-refractivity contribution in [2.75, 3.05) is 33.3 Å². The second-order valence-electron chi connectivity index (χ2n) is 2.92. The summed E-state index contributed by atoms with van der Waals surface area (Å²) in [5.74, 6) is 0. The molecule has 0 bridgehead atoms. The Labute approximate surface area is 73.1 Å². The van der Waals surface area contributed by atoms with Crippen molar-refractivity contribution in [3.8, 4) is 0 Å². The average molecular weight is 171 g/mol. The van der Waals surface area contributed by atoms with Crippen molar-refractivity contribution in [1.82, 2.24) is 9.80 Å². The smallest absolute Gasteiger partial charge is 0.166 e. The molecule has 12 heavy (non-hydrogen) atoms. The second kappa shape index (κ2) is 4.54. The van der Waals surface area contributed by atoms with Gasteiger partial charge in [0.2, 0.25) is 0 Å². The minimum Gasteiger partial charge on any atom is -0.359 e. The standard InChI is InChI=1S/C8H15N2O2/c1-9-3-5-10(6-4-9)8(7-11)12-2/h7-8H,1,3-6H2,2H3. The number of nitrogens with zero attached hydrogens (tertiary/aromatic N) is 2. The Bertz CT molecular complexity index is 144. The maximum atomic E-state index is 10.5. The van der Waals surface area contributed by atoms with Crippen molar-refractivity contribution >= 4 is 6.29 Å². The molecule has 1 radical (unpaired) electrons. The molecule has 0 spiro atoms. The van der Waals surface area contributed by atoms with Crippen LogP contribution in [-0.2, 0) is 9.53 Å². The Morgan fingerprint density at radius 3 is 2.42 bits per heavy atom. The first-order valence-corrected chi connectivity index (χ1v) is 4.05. The maximum absolute atomic E-state index is 10.5. The second-order valence-corrected chi connectivity index (χ2v) is 2.92. The lowest BCUT2D eigenvalue weighted by Crippen LogP contribution is -2.49. The van der Waals surface area contributed by atoms with Gasteiger partial charge in [-0.25, -0.2) is 0 Å². The molecule has 0 aromatic heterocycles. The Hall–Kier alpha value is -0.450. The van der Waals surface area contributed by atoms with Crippen LogP contribution in [0.5, 0.6) is 0 Å². The average Bonchev–Trinajstić information content (AvgIpc) is 2.10. The summed E-state index contributed by atoms with van der Waals surface area (Å²) in [5.41, 5.74) is 0. The first-order chi connectivity index (χ1) is 5.77. The van der Waals surface area contributed by atoms with Crippen molar-refractivity contribution in [3.05, 3.63) is 7.05 Å². The third-order valence-electron chi connectivity index (χ3n) is 2.12. The number of rotatable bonds is 3.